The first-order chi connectivity index (χ1) is 19.9. The Kier molecular flexibility index (Phi) is 10.1. The minimum atomic E-state index is -0.562. The molecule has 41 heavy (non-hydrogen) atoms. The number of carbonyl (C=O) groups excluding carboxylic acids is 2. The molecule has 9 heteroatoms. The molecule has 214 valence electrons. The minimum absolute atomic E-state index is 0.0126. The molecule has 0 bridgehead atoms. The number of nitrogens with zero attached hydrogens (tertiary/aromatic N) is 3. The summed E-state index contributed by atoms with van der Waals surface area (Å²) in [5, 5.41) is 15.6. The zero-order valence-corrected chi connectivity index (χ0v) is 24.2. The van der Waals surface area contributed by atoms with Gasteiger partial charge >= 0.3 is 12.1 Å². The van der Waals surface area contributed by atoms with Gasteiger partial charge in [0.05, 0.1) is 4.75 Å². The average molecular weight is 573 g/mol. The van der Waals surface area contributed by atoms with Crippen LogP contribution in [0.1, 0.15) is 29.5 Å². The number of urea groups is 1. The van der Waals surface area contributed by atoms with Gasteiger partial charge in [0.1, 0.15) is 6.61 Å². The van der Waals surface area contributed by atoms with Gasteiger partial charge in [-0.1, -0.05) is 109 Å². The van der Waals surface area contributed by atoms with E-state index in [2.05, 4.69) is 53.4 Å². The van der Waals surface area contributed by atoms with Crippen LogP contribution in [0.2, 0.25) is 0 Å². The van der Waals surface area contributed by atoms with Crippen LogP contribution in [-0.4, -0.2) is 71.5 Å². The molecule has 4 rings (SSSR count). The fraction of sp³-hybridized carbons (Fsp3) is 0.281. The Labute approximate surface area is 245 Å². The largest absolute Gasteiger partial charge is 0.445 e. The lowest BCUT2D eigenvalue weighted by Gasteiger charge is -2.37. The van der Waals surface area contributed by atoms with Crippen LogP contribution in [0.4, 0.5) is 9.59 Å². The quantitative estimate of drug-likeness (QED) is 0.0828. The van der Waals surface area contributed by atoms with E-state index in [0.29, 0.717) is 13.0 Å². The standard InChI is InChI=1S/C32H36N4O4S/c1-4-20-40-31(38)36-23-28(21-27(36)22-29(34-39)33-30(37)35(2)3)41-32(24-14-8-5-9-15-24,25-16-10-6-11-17-25)26-18-12-7-13-19-26/h4-19,27-28,39H,1,20-23H2,2-3H3,(H,33,34,37)/t27-,28-/m0/s1. The van der Waals surface area contributed by atoms with Gasteiger partial charge in [0.2, 0.25) is 0 Å². The SMILES string of the molecule is C=CCOC(=O)N1C[C@@H](SC(c2ccccc2)(c2ccccc2)c2ccccc2)C[C@H]1C/C(=N/O)NC(=O)N(C)C. The average Bonchev–Trinajstić information content (AvgIpc) is 3.41. The van der Waals surface area contributed by atoms with E-state index < -0.39 is 16.9 Å². The second-order valence-corrected chi connectivity index (χ2v) is 11.5. The fourth-order valence-electron chi connectivity index (χ4n) is 5.14. The van der Waals surface area contributed by atoms with Crippen LogP contribution in [0.5, 0.6) is 0 Å². The predicted molar refractivity (Wildman–Crippen MR) is 163 cm³/mol. The zero-order chi connectivity index (χ0) is 29.2. The van der Waals surface area contributed by atoms with Gasteiger partial charge in [-0.15, -0.1) is 11.8 Å². The lowest BCUT2D eigenvalue weighted by atomic mass is 9.84. The van der Waals surface area contributed by atoms with Crippen molar-refractivity contribution in [2.45, 2.75) is 28.9 Å². The van der Waals surface area contributed by atoms with Crippen LogP contribution in [0, 0.1) is 0 Å². The molecule has 2 atom stereocenters. The van der Waals surface area contributed by atoms with Gasteiger partial charge in [-0.05, 0) is 23.1 Å². The molecular weight excluding hydrogens is 536 g/mol. The summed E-state index contributed by atoms with van der Waals surface area (Å²) in [6.07, 6.45) is 1.81. The van der Waals surface area contributed by atoms with Gasteiger partial charge < -0.3 is 19.7 Å². The number of rotatable bonds is 9. The third kappa shape index (κ3) is 6.92. The highest BCUT2D eigenvalue weighted by molar-refractivity contribution is 8.01. The van der Waals surface area contributed by atoms with E-state index in [1.165, 1.54) is 11.0 Å². The third-order valence-electron chi connectivity index (χ3n) is 7.03. The molecule has 1 aliphatic heterocycles. The molecule has 8 nitrogen and oxygen atoms in total. The first kappa shape index (κ1) is 29.7. The molecule has 0 aliphatic carbocycles. The van der Waals surface area contributed by atoms with Crippen LogP contribution in [0.15, 0.2) is 109 Å². The summed E-state index contributed by atoms with van der Waals surface area (Å²) in [6, 6.07) is 30.4. The molecule has 3 aromatic carbocycles. The topological polar surface area (TPSA) is 94.5 Å². The maximum atomic E-state index is 13.2. The number of benzene rings is 3. The summed E-state index contributed by atoms with van der Waals surface area (Å²) in [4.78, 5) is 28.5. The molecule has 0 spiro atoms. The maximum absolute atomic E-state index is 13.2. The van der Waals surface area contributed by atoms with E-state index in [1.807, 2.05) is 54.6 Å². The Hall–Kier alpha value is -4.24. The second kappa shape index (κ2) is 13.9. The summed E-state index contributed by atoms with van der Waals surface area (Å²) in [6.45, 7) is 4.15. The van der Waals surface area contributed by atoms with Crippen LogP contribution >= 0.6 is 11.8 Å². The Bertz CT molecular complexity index is 1240. The molecule has 3 aromatic rings. The summed E-state index contributed by atoms with van der Waals surface area (Å²) in [5.74, 6) is 0.0845. The van der Waals surface area contributed by atoms with Crippen molar-refractivity contribution in [1.29, 1.82) is 0 Å². The molecular formula is C32H36N4O4S. The van der Waals surface area contributed by atoms with E-state index in [-0.39, 0.29) is 30.2 Å². The number of thioether (sulfide) groups is 1. The first-order valence-electron chi connectivity index (χ1n) is 13.5. The zero-order valence-electron chi connectivity index (χ0n) is 23.3. The number of oxime groups is 1. The Morgan fingerprint density at radius 1 is 1.02 bits per heavy atom. The van der Waals surface area contributed by atoms with Crippen molar-refractivity contribution in [3.8, 4) is 0 Å². The highest BCUT2D eigenvalue weighted by Gasteiger charge is 2.45. The van der Waals surface area contributed by atoms with Gasteiger partial charge in [0.25, 0.3) is 0 Å². The molecule has 0 saturated carbocycles. The van der Waals surface area contributed by atoms with E-state index in [0.717, 1.165) is 16.7 Å². The first-order valence-corrected chi connectivity index (χ1v) is 14.3. The third-order valence-corrected chi connectivity index (χ3v) is 8.76. The summed E-state index contributed by atoms with van der Waals surface area (Å²) in [5.41, 5.74) is 3.38. The van der Waals surface area contributed by atoms with E-state index >= 15 is 0 Å². The summed E-state index contributed by atoms with van der Waals surface area (Å²) < 4.78 is 4.87. The van der Waals surface area contributed by atoms with Gasteiger partial charge in [0, 0.05) is 38.4 Å². The molecule has 1 saturated heterocycles. The van der Waals surface area contributed by atoms with E-state index in [4.69, 9.17) is 4.74 Å². The smallest absolute Gasteiger partial charge is 0.410 e. The van der Waals surface area contributed by atoms with Crippen molar-refractivity contribution < 1.29 is 19.5 Å². The van der Waals surface area contributed by atoms with Crippen LogP contribution < -0.4 is 5.32 Å². The fourth-order valence-corrected chi connectivity index (χ4v) is 7.01. The second-order valence-electron chi connectivity index (χ2n) is 10.0. The molecule has 2 N–H and O–H groups in total. The number of hydrogen-bond acceptors (Lipinski definition) is 6. The number of amidine groups is 1. The van der Waals surface area contributed by atoms with Crippen molar-refractivity contribution >= 4 is 29.7 Å². The number of nitrogens with one attached hydrogen (secondary N) is 1. The molecule has 0 radical (unpaired) electrons. The monoisotopic (exact) mass is 572 g/mol. The van der Waals surface area contributed by atoms with Crippen LogP contribution in [0.3, 0.4) is 0 Å². The molecule has 0 unspecified atom stereocenters. The van der Waals surface area contributed by atoms with Crippen LogP contribution in [0.25, 0.3) is 0 Å². The van der Waals surface area contributed by atoms with Crippen molar-refractivity contribution in [3.05, 3.63) is 120 Å². The Balaban J connectivity index is 1.73. The van der Waals surface area contributed by atoms with Crippen LogP contribution in [-0.2, 0) is 9.48 Å². The lowest BCUT2D eigenvalue weighted by molar-refractivity contribution is 0.109. The van der Waals surface area contributed by atoms with Gasteiger partial charge in [-0.2, -0.15) is 0 Å². The molecule has 1 heterocycles. The van der Waals surface area contributed by atoms with E-state index in [9.17, 15) is 14.8 Å². The van der Waals surface area contributed by atoms with Crippen molar-refractivity contribution in [2.24, 2.45) is 5.16 Å². The van der Waals surface area contributed by atoms with Crippen molar-refractivity contribution in [3.63, 3.8) is 0 Å². The predicted octanol–water partition coefficient (Wildman–Crippen LogP) is 5.93. The molecule has 1 aliphatic rings. The maximum Gasteiger partial charge on any atom is 0.410 e. The Morgan fingerprint density at radius 3 is 1.98 bits per heavy atom. The summed E-state index contributed by atoms with van der Waals surface area (Å²) >= 11 is 1.79. The lowest BCUT2D eigenvalue weighted by Crippen LogP contribution is -2.43. The van der Waals surface area contributed by atoms with Crippen molar-refractivity contribution in [1.82, 2.24) is 15.1 Å². The van der Waals surface area contributed by atoms with Gasteiger partial charge in [-0.25, -0.2) is 9.59 Å². The summed E-state index contributed by atoms with van der Waals surface area (Å²) in [7, 11) is 3.20. The minimum Gasteiger partial charge on any atom is -0.445 e. The molecule has 3 amide bonds. The number of hydrogen-bond donors (Lipinski definition) is 2. The van der Waals surface area contributed by atoms with E-state index in [1.54, 1.807) is 30.8 Å². The molecule has 0 aromatic heterocycles. The molecule has 1 fully saturated rings. The highest BCUT2D eigenvalue weighted by atomic mass is 32.2. The highest BCUT2D eigenvalue weighted by Crippen LogP contribution is 2.52. The van der Waals surface area contributed by atoms with Gasteiger partial charge in [-0.3, -0.25) is 5.32 Å². The number of likely N-dealkylation sites (tertiary alicyclic amines) is 1. The van der Waals surface area contributed by atoms with Crippen molar-refractivity contribution in [2.75, 3.05) is 27.2 Å². The Morgan fingerprint density at radius 2 is 1.54 bits per heavy atom. The van der Waals surface area contributed by atoms with Gasteiger partial charge in [0.15, 0.2) is 5.84 Å². The normalized spacial score (nSPS) is 17.1. The number of carbonyl (C=O) groups is 2. The number of amides is 3. The number of ether oxygens (including phenoxy) is 1.